The Bertz CT molecular complexity index is 623. The highest BCUT2D eigenvalue weighted by Gasteiger charge is 2.05. The van der Waals surface area contributed by atoms with Crippen molar-refractivity contribution in [2.24, 2.45) is 0 Å². The molecule has 0 atom stereocenters. The lowest BCUT2D eigenvalue weighted by molar-refractivity contribution is 0.0600. The Hall–Kier alpha value is -1.83. The van der Waals surface area contributed by atoms with E-state index < -0.39 is 5.97 Å². The second-order valence-corrected chi connectivity index (χ2v) is 5.45. The van der Waals surface area contributed by atoms with Gasteiger partial charge < -0.3 is 14.9 Å². The molecule has 2 aromatic rings. The Labute approximate surface area is 143 Å². The van der Waals surface area contributed by atoms with Gasteiger partial charge in [-0.05, 0) is 52.0 Å². The van der Waals surface area contributed by atoms with E-state index in [1.165, 1.54) is 13.3 Å². The summed E-state index contributed by atoms with van der Waals surface area (Å²) in [5.41, 5.74) is 2.29. The highest BCUT2D eigenvalue weighted by atomic mass is 79.9. The monoisotopic (exact) mass is 382 g/mol. The molecule has 0 unspecified atom stereocenters. The first-order valence-corrected chi connectivity index (χ1v) is 7.73. The second kappa shape index (κ2) is 10.8. The maximum absolute atomic E-state index is 11.0. The Kier molecular flexibility index (Phi) is 9.04. The van der Waals surface area contributed by atoms with Gasteiger partial charge in [-0.2, -0.15) is 0 Å². The standard InChI is InChI=1S/C9H11NO3.C7H8BrNO/c1-13-9(12)8-4-7(2-3-11)5-10-6-8;8-7-3-6(1-2-10)4-9-5-7/h4-6,11H,2-3H2,1H3;3-5,10H,1-2H2. The van der Waals surface area contributed by atoms with Gasteiger partial charge in [0.2, 0.25) is 0 Å². The number of hydrogen-bond donors (Lipinski definition) is 2. The largest absolute Gasteiger partial charge is 0.465 e. The summed E-state index contributed by atoms with van der Waals surface area (Å²) in [6, 6.07) is 3.61. The molecule has 0 radical (unpaired) electrons. The minimum absolute atomic E-state index is 0.0479. The summed E-state index contributed by atoms with van der Waals surface area (Å²) in [6.45, 7) is 0.227. The van der Waals surface area contributed by atoms with E-state index in [-0.39, 0.29) is 13.2 Å². The molecule has 0 aliphatic rings. The molecule has 0 aliphatic carbocycles. The molecule has 0 aromatic carbocycles. The SMILES string of the molecule is COC(=O)c1cncc(CCO)c1.OCCc1cncc(Br)c1. The van der Waals surface area contributed by atoms with Crippen LogP contribution in [0.25, 0.3) is 0 Å². The molecule has 2 N–H and O–H groups in total. The molecule has 124 valence electrons. The summed E-state index contributed by atoms with van der Waals surface area (Å²) < 4.78 is 5.48. The number of methoxy groups -OCH3 is 1. The van der Waals surface area contributed by atoms with Crippen molar-refractivity contribution < 1.29 is 19.7 Å². The van der Waals surface area contributed by atoms with E-state index in [0.29, 0.717) is 18.4 Å². The lowest BCUT2D eigenvalue weighted by atomic mass is 10.1. The zero-order valence-corrected chi connectivity index (χ0v) is 14.4. The third kappa shape index (κ3) is 7.32. The molecule has 2 aromatic heterocycles. The third-order valence-electron chi connectivity index (χ3n) is 2.78. The first kappa shape index (κ1) is 19.2. The van der Waals surface area contributed by atoms with Crippen molar-refractivity contribution in [3.8, 4) is 0 Å². The van der Waals surface area contributed by atoms with Gasteiger partial charge in [0.25, 0.3) is 0 Å². The highest BCUT2D eigenvalue weighted by Crippen LogP contribution is 2.09. The van der Waals surface area contributed by atoms with Crippen molar-refractivity contribution in [3.05, 3.63) is 58.1 Å². The number of carbonyl (C=O) groups is 1. The molecule has 0 bridgehead atoms. The molecule has 0 amide bonds. The van der Waals surface area contributed by atoms with Gasteiger partial charge in [0.1, 0.15) is 0 Å². The Morgan fingerprint density at radius 1 is 1.04 bits per heavy atom. The molecular weight excluding hydrogens is 364 g/mol. The summed E-state index contributed by atoms with van der Waals surface area (Å²) in [5.74, 6) is -0.410. The number of ether oxygens (including phenoxy) is 1. The molecule has 0 saturated heterocycles. The fourth-order valence-corrected chi connectivity index (χ4v) is 2.12. The highest BCUT2D eigenvalue weighted by molar-refractivity contribution is 9.10. The number of esters is 1. The summed E-state index contributed by atoms with van der Waals surface area (Å²) in [5, 5.41) is 17.2. The average Bonchev–Trinajstić information content (AvgIpc) is 2.56. The van der Waals surface area contributed by atoms with Crippen molar-refractivity contribution in [3.63, 3.8) is 0 Å². The predicted molar refractivity (Wildman–Crippen MR) is 89.1 cm³/mol. The molecule has 0 spiro atoms. The van der Waals surface area contributed by atoms with Crippen molar-refractivity contribution in [1.82, 2.24) is 9.97 Å². The van der Waals surface area contributed by atoms with Gasteiger partial charge in [-0.25, -0.2) is 4.79 Å². The molecular formula is C16H19BrN2O4. The van der Waals surface area contributed by atoms with Crippen molar-refractivity contribution >= 4 is 21.9 Å². The number of rotatable bonds is 5. The van der Waals surface area contributed by atoms with Crippen LogP contribution in [0, 0.1) is 0 Å². The van der Waals surface area contributed by atoms with Crippen LogP contribution in [0.15, 0.2) is 41.4 Å². The van der Waals surface area contributed by atoms with Gasteiger partial charge in [0, 0.05) is 42.5 Å². The van der Waals surface area contributed by atoms with Gasteiger partial charge in [-0.1, -0.05) is 0 Å². The van der Waals surface area contributed by atoms with E-state index in [2.05, 4.69) is 30.6 Å². The van der Waals surface area contributed by atoms with Crippen LogP contribution in [-0.4, -0.2) is 46.5 Å². The molecule has 2 heterocycles. The zero-order chi connectivity index (χ0) is 17.1. The minimum Gasteiger partial charge on any atom is -0.465 e. The lowest BCUT2D eigenvalue weighted by Crippen LogP contribution is -2.03. The maximum Gasteiger partial charge on any atom is 0.339 e. The molecule has 0 aliphatic heterocycles. The van der Waals surface area contributed by atoms with E-state index in [0.717, 1.165) is 15.6 Å². The van der Waals surface area contributed by atoms with E-state index in [9.17, 15) is 4.79 Å². The lowest BCUT2D eigenvalue weighted by Gasteiger charge is -2.00. The zero-order valence-electron chi connectivity index (χ0n) is 12.8. The fourth-order valence-electron chi connectivity index (χ4n) is 1.70. The van der Waals surface area contributed by atoms with Crippen LogP contribution in [0.4, 0.5) is 0 Å². The first-order chi connectivity index (χ1) is 11.1. The number of aliphatic hydroxyl groups excluding tert-OH is 2. The first-order valence-electron chi connectivity index (χ1n) is 6.94. The third-order valence-corrected chi connectivity index (χ3v) is 3.21. The van der Waals surface area contributed by atoms with Crippen molar-refractivity contribution in [1.29, 1.82) is 0 Å². The molecule has 0 fully saturated rings. The minimum atomic E-state index is -0.410. The summed E-state index contributed by atoms with van der Waals surface area (Å²) >= 11 is 3.29. The van der Waals surface area contributed by atoms with Crippen LogP contribution >= 0.6 is 15.9 Å². The van der Waals surface area contributed by atoms with Gasteiger partial charge in [-0.15, -0.1) is 0 Å². The molecule has 23 heavy (non-hydrogen) atoms. The molecule has 0 saturated carbocycles. The van der Waals surface area contributed by atoms with E-state index in [1.807, 2.05) is 6.07 Å². The number of aromatic nitrogens is 2. The molecule has 2 rings (SSSR count). The number of nitrogens with zero attached hydrogens (tertiary/aromatic N) is 2. The normalized spacial score (nSPS) is 9.74. The maximum atomic E-state index is 11.0. The van der Waals surface area contributed by atoms with Crippen LogP contribution < -0.4 is 0 Å². The summed E-state index contributed by atoms with van der Waals surface area (Å²) in [4.78, 5) is 18.9. The number of carbonyl (C=O) groups excluding carboxylic acids is 1. The van der Waals surface area contributed by atoms with Crippen LogP contribution in [0.3, 0.4) is 0 Å². The van der Waals surface area contributed by atoms with Crippen LogP contribution in [0.5, 0.6) is 0 Å². The summed E-state index contributed by atoms with van der Waals surface area (Å²) in [7, 11) is 1.32. The van der Waals surface area contributed by atoms with E-state index in [1.54, 1.807) is 24.7 Å². The quantitative estimate of drug-likeness (QED) is 0.765. The van der Waals surface area contributed by atoms with Crippen molar-refractivity contribution in [2.75, 3.05) is 20.3 Å². The van der Waals surface area contributed by atoms with Crippen LogP contribution in [0.2, 0.25) is 0 Å². The number of halogens is 1. The smallest absolute Gasteiger partial charge is 0.339 e. The number of pyridine rings is 2. The van der Waals surface area contributed by atoms with Crippen molar-refractivity contribution in [2.45, 2.75) is 12.8 Å². The van der Waals surface area contributed by atoms with Crippen LogP contribution in [0.1, 0.15) is 21.5 Å². The van der Waals surface area contributed by atoms with Gasteiger partial charge >= 0.3 is 5.97 Å². The second-order valence-electron chi connectivity index (χ2n) is 4.53. The van der Waals surface area contributed by atoms with Gasteiger partial charge in [0.05, 0.1) is 12.7 Å². The Balaban J connectivity index is 0.000000238. The number of aliphatic hydroxyl groups is 2. The predicted octanol–water partition coefficient (Wildman–Crippen LogP) is 1.78. The number of hydrogen-bond acceptors (Lipinski definition) is 6. The fraction of sp³-hybridized carbons (Fsp3) is 0.312. The average molecular weight is 383 g/mol. The topological polar surface area (TPSA) is 92.5 Å². The van der Waals surface area contributed by atoms with E-state index in [4.69, 9.17) is 10.2 Å². The molecule has 7 heteroatoms. The van der Waals surface area contributed by atoms with E-state index >= 15 is 0 Å². The van der Waals surface area contributed by atoms with Crippen LogP contribution in [-0.2, 0) is 17.6 Å². The van der Waals surface area contributed by atoms with Gasteiger partial charge in [-0.3, -0.25) is 9.97 Å². The summed E-state index contributed by atoms with van der Waals surface area (Å²) in [6.07, 6.45) is 7.70. The Morgan fingerprint density at radius 3 is 2.13 bits per heavy atom. The Morgan fingerprint density at radius 2 is 1.61 bits per heavy atom. The molecule has 6 nitrogen and oxygen atoms in total. The van der Waals surface area contributed by atoms with Gasteiger partial charge in [0.15, 0.2) is 0 Å².